The van der Waals surface area contributed by atoms with Crippen LogP contribution in [-0.2, 0) is 4.79 Å². The smallest absolute Gasteiger partial charge is 0.319 e. The summed E-state index contributed by atoms with van der Waals surface area (Å²) in [4.78, 5) is 27.1. The van der Waals surface area contributed by atoms with E-state index in [2.05, 4.69) is 15.6 Å². The summed E-state index contributed by atoms with van der Waals surface area (Å²) in [6.45, 7) is 3.14. The lowest BCUT2D eigenvalue weighted by Crippen LogP contribution is -2.40. The van der Waals surface area contributed by atoms with Crippen LogP contribution in [0.1, 0.15) is 13.8 Å². The van der Waals surface area contributed by atoms with Gasteiger partial charge in [-0.15, -0.1) is 0 Å². The van der Waals surface area contributed by atoms with Crippen LogP contribution >= 0.6 is 0 Å². The third-order valence-corrected chi connectivity index (χ3v) is 3.15. The van der Waals surface area contributed by atoms with Gasteiger partial charge in [0.2, 0.25) is 0 Å². The fraction of sp³-hybridized carbons (Fsp3) is 0.267. The lowest BCUT2D eigenvalue weighted by Gasteiger charge is -2.19. The largest absolute Gasteiger partial charge is 0.481 e. The second kappa shape index (κ2) is 5.78. The van der Waals surface area contributed by atoms with E-state index in [1.165, 1.54) is 0 Å². The molecule has 0 aliphatic rings. The van der Waals surface area contributed by atoms with E-state index in [0.29, 0.717) is 11.2 Å². The molecule has 0 aliphatic carbocycles. The maximum Gasteiger partial charge on any atom is 0.319 e. The molecule has 2 aromatic rings. The molecule has 0 aliphatic heterocycles. The molecule has 3 N–H and O–H groups in total. The van der Waals surface area contributed by atoms with E-state index in [1.54, 1.807) is 26.1 Å². The molecular formula is C15H17N3O3. The Balaban J connectivity index is 2.07. The van der Waals surface area contributed by atoms with Gasteiger partial charge in [-0.2, -0.15) is 0 Å². The molecule has 1 aromatic carbocycles. The summed E-state index contributed by atoms with van der Waals surface area (Å²) in [6, 6.07) is 8.74. The number of carboxylic acids is 1. The molecule has 6 heteroatoms. The Hall–Kier alpha value is -2.63. The average Bonchev–Trinajstić information content (AvgIpc) is 2.45. The van der Waals surface area contributed by atoms with Crippen molar-refractivity contribution in [2.24, 2.45) is 5.41 Å². The predicted octanol–water partition coefficient (Wildman–Crippen LogP) is 2.47. The van der Waals surface area contributed by atoms with Crippen molar-refractivity contribution >= 4 is 28.6 Å². The molecule has 0 unspecified atom stereocenters. The zero-order valence-electron chi connectivity index (χ0n) is 11.9. The Kier molecular flexibility index (Phi) is 4.07. The SMILES string of the molecule is CC(C)(CNC(=O)Nc1cccc2cccnc12)C(=O)O. The summed E-state index contributed by atoms with van der Waals surface area (Å²) >= 11 is 0. The summed E-state index contributed by atoms with van der Waals surface area (Å²) in [6.07, 6.45) is 1.65. The first-order valence-corrected chi connectivity index (χ1v) is 6.52. The van der Waals surface area contributed by atoms with Crippen molar-refractivity contribution in [3.63, 3.8) is 0 Å². The topological polar surface area (TPSA) is 91.3 Å². The molecule has 1 aromatic heterocycles. The van der Waals surface area contributed by atoms with Crippen molar-refractivity contribution in [3.8, 4) is 0 Å². The number of carbonyl (C=O) groups excluding carboxylic acids is 1. The van der Waals surface area contributed by atoms with Crippen molar-refractivity contribution in [3.05, 3.63) is 36.5 Å². The molecule has 6 nitrogen and oxygen atoms in total. The first-order valence-electron chi connectivity index (χ1n) is 6.52. The molecule has 0 radical (unpaired) electrons. The quantitative estimate of drug-likeness (QED) is 0.805. The fourth-order valence-electron chi connectivity index (χ4n) is 1.75. The summed E-state index contributed by atoms with van der Waals surface area (Å²) < 4.78 is 0. The highest BCUT2D eigenvalue weighted by atomic mass is 16.4. The van der Waals surface area contributed by atoms with Crippen molar-refractivity contribution in [1.29, 1.82) is 0 Å². The van der Waals surface area contributed by atoms with E-state index < -0.39 is 17.4 Å². The van der Waals surface area contributed by atoms with Gasteiger partial charge in [0.25, 0.3) is 0 Å². The third-order valence-electron chi connectivity index (χ3n) is 3.15. The standard InChI is InChI=1S/C15H17N3O3/c1-15(2,13(19)20)9-17-14(21)18-11-7-3-5-10-6-4-8-16-12(10)11/h3-8H,9H2,1-2H3,(H,19,20)(H2,17,18,21). The van der Waals surface area contributed by atoms with Gasteiger partial charge in [0.1, 0.15) is 0 Å². The normalized spacial score (nSPS) is 11.1. The van der Waals surface area contributed by atoms with Crippen LogP contribution < -0.4 is 10.6 Å². The lowest BCUT2D eigenvalue weighted by molar-refractivity contribution is -0.146. The van der Waals surface area contributed by atoms with Crippen LogP contribution in [0.5, 0.6) is 0 Å². The van der Waals surface area contributed by atoms with Crippen LogP contribution in [0.25, 0.3) is 10.9 Å². The molecule has 0 saturated heterocycles. The molecule has 0 saturated carbocycles. The number of carbonyl (C=O) groups is 2. The van der Waals surface area contributed by atoms with E-state index in [0.717, 1.165) is 5.39 Å². The molecule has 110 valence electrons. The summed E-state index contributed by atoms with van der Waals surface area (Å²) in [5.41, 5.74) is 0.250. The maximum absolute atomic E-state index is 11.9. The first kappa shape index (κ1) is 14.8. The molecule has 0 atom stereocenters. The molecular weight excluding hydrogens is 270 g/mol. The fourth-order valence-corrected chi connectivity index (χ4v) is 1.75. The number of carboxylic acid groups (broad SMARTS) is 1. The zero-order chi connectivity index (χ0) is 15.5. The number of rotatable bonds is 4. The highest BCUT2D eigenvalue weighted by Gasteiger charge is 2.27. The van der Waals surface area contributed by atoms with Gasteiger partial charge in [0, 0.05) is 18.1 Å². The maximum atomic E-state index is 11.9. The van der Waals surface area contributed by atoms with Crippen LogP contribution in [0.15, 0.2) is 36.5 Å². The summed E-state index contributed by atoms with van der Waals surface area (Å²) in [7, 11) is 0. The summed E-state index contributed by atoms with van der Waals surface area (Å²) in [5, 5.41) is 15.2. The van der Waals surface area contributed by atoms with Gasteiger partial charge >= 0.3 is 12.0 Å². The van der Waals surface area contributed by atoms with Crippen LogP contribution in [0, 0.1) is 5.41 Å². The predicted molar refractivity (Wildman–Crippen MR) is 80.2 cm³/mol. The van der Waals surface area contributed by atoms with E-state index in [1.807, 2.05) is 24.3 Å². The van der Waals surface area contributed by atoms with Crippen LogP contribution in [0.2, 0.25) is 0 Å². The second-order valence-corrected chi connectivity index (χ2v) is 5.38. The number of aromatic nitrogens is 1. The number of nitrogens with zero attached hydrogens (tertiary/aromatic N) is 1. The first-order chi connectivity index (χ1) is 9.90. The van der Waals surface area contributed by atoms with Crippen molar-refractivity contribution in [2.45, 2.75) is 13.8 Å². The van der Waals surface area contributed by atoms with E-state index >= 15 is 0 Å². The molecule has 2 rings (SSSR count). The van der Waals surface area contributed by atoms with E-state index in [9.17, 15) is 9.59 Å². The number of urea groups is 1. The number of hydrogen-bond donors (Lipinski definition) is 3. The Morgan fingerprint density at radius 3 is 2.67 bits per heavy atom. The van der Waals surface area contributed by atoms with Gasteiger partial charge in [-0.05, 0) is 26.0 Å². The Labute approximate surface area is 122 Å². The Morgan fingerprint density at radius 1 is 1.24 bits per heavy atom. The molecule has 0 fully saturated rings. The number of pyridine rings is 1. The summed E-state index contributed by atoms with van der Waals surface area (Å²) in [5.74, 6) is -0.963. The molecule has 21 heavy (non-hydrogen) atoms. The van der Waals surface area contributed by atoms with Gasteiger partial charge in [-0.25, -0.2) is 4.79 Å². The van der Waals surface area contributed by atoms with Crippen LogP contribution in [0.3, 0.4) is 0 Å². The lowest BCUT2D eigenvalue weighted by atomic mass is 9.94. The third kappa shape index (κ3) is 3.47. The van der Waals surface area contributed by atoms with Crippen LogP contribution in [-0.4, -0.2) is 28.6 Å². The zero-order valence-corrected chi connectivity index (χ0v) is 11.9. The minimum atomic E-state index is -1.02. The van der Waals surface area contributed by atoms with Gasteiger partial charge in [0.05, 0.1) is 16.6 Å². The Bertz CT molecular complexity index is 677. The van der Waals surface area contributed by atoms with Gasteiger partial charge in [-0.1, -0.05) is 18.2 Å². The average molecular weight is 287 g/mol. The molecule has 0 spiro atoms. The van der Waals surface area contributed by atoms with Gasteiger partial charge in [0.15, 0.2) is 0 Å². The molecule has 2 amide bonds. The highest BCUT2D eigenvalue weighted by molar-refractivity contribution is 5.99. The number of aliphatic carboxylic acids is 1. The Morgan fingerprint density at radius 2 is 1.95 bits per heavy atom. The number of fused-ring (bicyclic) bond motifs is 1. The molecule has 0 bridgehead atoms. The number of nitrogens with one attached hydrogen (secondary N) is 2. The number of para-hydroxylation sites is 1. The van der Waals surface area contributed by atoms with Gasteiger partial charge < -0.3 is 15.7 Å². The number of hydrogen-bond acceptors (Lipinski definition) is 3. The van der Waals surface area contributed by atoms with E-state index in [-0.39, 0.29) is 6.54 Å². The van der Waals surface area contributed by atoms with Crippen LogP contribution in [0.4, 0.5) is 10.5 Å². The van der Waals surface area contributed by atoms with Crippen molar-refractivity contribution in [1.82, 2.24) is 10.3 Å². The van der Waals surface area contributed by atoms with Crippen molar-refractivity contribution < 1.29 is 14.7 Å². The van der Waals surface area contributed by atoms with Gasteiger partial charge in [-0.3, -0.25) is 9.78 Å². The number of amides is 2. The second-order valence-electron chi connectivity index (χ2n) is 5.38. The minimum Gasteiger partial charge on any atom is -0.481 e. The monoisotopic (exact) mass is 287 g/mol. The van der Waals surface area contributed by atoms with Crippen molar-refractivity contribution in [2.75, 3.05) is 11.9 Å². The van der Waals surface area contributed by atoms with E-state index in [4.69, 9.17) is 5.11 Å². The number of anilines is 1. The number of benzene rings is 1. The minimum absolute atomic E-state index is 0.0341. The highest BCUT2D eigenvalue weighted by Crippen LogP contribution is 2.20. The molecule has 1 heterocycles.